The number of hydrogen-bond acceptors (Lipinski definition) is 5. The second-order valence-corrected chi connectivity index (χ2v) is 7.72. The molecule has 1 aliphatic heterocycles. The number of benzene rings is 2. The number of aromatic nitrogens is 2. The lowest BCUT2D eigenvalue weighted by molar-refractivity contribution is -0.111. The molecule has 1 spiro atoms. The Morgan fingerprint density at radius 2 is 2.19 bits per heavy atom. The van der Waals surface area contributed by atoms with Crippen molar-refractivity contribution in [1.82, 2.24) is 10.2 Å². The topological polar surface area (TPSA) is 69.7 Å². The molecule has 2 aliphatic rings. The Morgan fingerprint density at radius 3 is 2.92 bits per heavy atom. The number of halogens is 1. The molecule has 1 saturated heterocycles. The second kappa shape index (κ2) is 5.37. The molecule has 5 nitrogen and oxygen atoms in total. The molecule has 1 aliphatic carbocycles. The van der Waals surface area contributed by atoms with Crippen LogP contribution in [0.1, 0.15) is 28.2 Å². The van der Waals surface area contributed by atoms with Gasteiger partial charge in [0, 0.05) is 17.4 Å². The number of carbonyl (C=O) groups excluding carboxylic acids is 1. The molecule has 0 bridgehead atoms. The molecule has 7 heteroatoms. The van der Waals surface area contributed by atoms with Crippen molar-refractivity contribution in [2.24, 2.45) is 0 Å². The minimum Gasteiger partial charge on any atom is -0.272 e. The van der Waals surface area contributed by atoms with Crippen LogP contribution in [0.15, 0.2) is 48.0 Å². The van der Waals surface area contributed by atoms with E-state index in [4.69, 9.17) is 11.6 Å². The highest BCUT2D eigenvalue weighted by Crippen LogP contribution is 2.58. The molecule has 2 atom stereocenters. The van der Waals surface area contributed by atoms with E-state index in [9.17, 15) is 10.1 Å². The van der Waals surface area contributed by atoms with E-state index in [1.165, 1.54) is 11.3 Å². The summed E-state index contributed by atoms with van der Waals surface area (Å²) >= 11 is 7.57. The van der Waals surface area contributed by atoms with E-state index >= 15 is 0 Å². The summed E-state index contributed by atoms with van der Waals surface area (Å²) in [7, 11) is 0. The molecule has 0 N–H and O–H groups in total. The summed E-state index contributed by atoms with van der Waals surface area (Å²) in [5, 5.41) is 18.5. The smallest absolute Gasteiger partial charge is 0.257 e. The molecule has 5 rings (SSSR count). The van der Waals surface area contributed by atoms with Gasteiger partial charge in [-0.1, -0.05) is 41.1 Å². The molecule has 2 aromatic carbocycles. The number of hydrogen-bond donors (Lipinski definition) is 0. The molecule has 1 aromatic heterocycles. The van der Waals surface area contributed by atoms with E-state index in [1.54, 1.807) is 16.5 Å². The van der Waals surface area contributed by atoms with Crippen LogP contribution in [0.2, 0.25) is 5.02 Å². The Morgan fingerprint density at radius 1 is 1.31 bits per heavy atom. The van der Waals surface area contributed by atoms with E-state index < -0.39 is 5.54 Å². The average Bonchev–Trinajstić information content (AvgIpc) is 3.04. The zero-order valence-corrected chi connectivity index (χ0v) is 15.0. The maximum absolute atomic E-state index is 13.0. The summed E-state index contributed by atoms with van der Waals surface area (Å²) in [5.74, 6) is -0.158. The predicted molar refractivity (Wildman–Crippen MR) is 98.3 cm³/mol. The Balaban J connectivity index is 1.71. The van der Waals surface area contributed by atoms with E-state index in [2.05, 4.69) is 16.3 Å². The minimum absolute atomic E-state index is 0.0360. The third-order valence-electron chi connectivity index (χ3n) is 5.17. The number of nitriles is 1. The van der Waals surface area contributed by atoms with Crippen molar-refractivity contribution >= 4 is 34.0 Å². The highest BCUT2D eigenvalue weighted by Gasteiger charge is 2.71. The zero-order chi connectivity index (χ0) is 17.9. The van der Waals surface area contributed by atoms with Gasteiger partial charge in [-0.15, -0.1) is 10.2 Å². The quantitative estimate of drug-likeness (QED) is 0.639. The van der Waals surface area contributed by atoms with Gasteiger partial charge in [-0.25, -0.2) is 0 Å². The molecular weight excluding hydrogens is 368 g/mol. The Kier molecular flexibility index (Phi) is 3.20. The SMILES string of the molecule is N#Cc1ccc2c(c1)[C@H](c1cccc(Cl)c1)[C@@]1(C2)C(=O)N1c1nncs1. The molecule has 0 radical (unpaired) electrons. The van der Waals surface area contributed by atoms with Crippen LogP contribution in [0, 0.1) is 11.3 Å². The van der Waals surface area contributed by atoms with Crippen molar-refractivity contribution in [3.05, 3.63) is 75.3 Å². The fraction of sp³-hybridized carbons (Fsp3) is 0.158. The van der Waals surface area contributed by atoms with Gasteiger partial charge in [0.15, 0.2) is 0 Å². The molecule has 1 amide bonds. The van der Waals surface area contributed by atoms with E-state index in [1.807, 2.05) is 36.4 Å². The standard InChI is InChI=1S/C19H11ClN4OS/c20-14-3-1-2-12(7-14)16-15-6-11(9-21)4-5-13(15)8-19(16)17(25)24(19)18-23-22-10-26-18/h1-7,10,16H,8H2/t16-,19-,24?/m0/s1. The highest BCUT2D eigenvalue weighted by molar-refractivity contribution is 7.13. The maximum atomic E-state index is 13.0. The largest absolute Gasteiger partial charge is 0.272 e. The summed E-state index contributed by atoms with van der Waals surface area (Å²) in [5.41, 5.74) is 4.55. The van der Waals surface area contributed by atoms with Crippen LogP contribution < -0.4 is 4.90 Å². The Labute approximate surface area is 158 Å². The summed E-state index contributed by atoms with van der Waals surface area (Å²) in [6, 6.07) is 15.4. The van der Waals surface area contributed by atoms with E-state index in [0.29, 0.717) is 22.1 Å². The number of nitrogens with zero attached hydrogens (tertiary/aromatic N) is 4. The van der Waals surface area contributed by atoms with Gasteiger partial charge < -0.3 is 0 Å². The van der Waals surface area contributed by atoms with Gasteiger partial charge in [0.2, 0.25) is 5.13 Å². The van der Waals surface area contributed by atoms with Crippen molar-refractivity contribution in [2.45, 2.75) is 17.9 Å². The first-order valence-corrected chi connectivity index (χ1v) is 9.30. The van der Waals surface area contributed by atoms with Crippen molar-refractivity contribution in [3.8, 4) is 6.07 Å². The molecular formula is C19H11ClN4OS. The van der Waals surface area contributed by atoms with Crippen LogP contribution in [0.25, 0.3) is 0 Å². The van der Waals surface area contributed by atoms with Crippen LogP contribution in [0.3, 0.4) is 0 Å². The first-order valence-electron chi connectivity index (χ1n) is 8.04. The first-order chi connectivity index (χ1) is 12.6. The third-order valence-corrected chi connectivity index (χ3v) is 6.08. The summed E-state index contributed by atoms with van der Waals surface area (Å²) < 4.78 is 0. The molecule has 126 valence electrons. The van der Waals surface area contributed by atoms with Crippen LogP contribution in [-0.2, 0) is 11.2 Å². The molecule has 0 unspecified atom stereocenters. The second-order valence-electron chi connectivity index (χ2n) is 6.48. The van der Waals surface area contributed by atoms with Crippen LogP contribution in [0.5, 0.6) is 0 Å². The molecule has 3 aromatic rings. The number of anilines is 1. The normalized spacial score (nSPS) is 23.2. The highest BCUT2D eigenvalue weighted by atomic mass is 35.5. The summed E-state index contributed by atoms with van der Waals surface area (Å²) in [4.78, 5) is 14.7. The van der Waals surface area contributed by atoms with Crippen LogP contribution >= 0.6 is 22.9 Å². The number of fused-ring (bicyclic) bond motifs is 1. The zero-order valence-electron chi connectivity index (χ0n) is 13.4. The fourth-order valence-corrected chi connectivity index (χ4v) is 4.92. The van der Waals surface area contributed by atoms with Gasteiger partial charge in [0.05, 0.1) is 11.6 Å². The number of carbonyl (C=O) groups is 1. The van der Waals surface area contributed by atoms with Gasteiger partial charge in [0.1, 0.15) is 11.0 Å². The Bertz CT molecular complexity index is 1090. The lowest BCUT2D eigenvalue weighted by atomic mass is 9.85. The molecule has 26 heavy (non-hydrogen) atoms. The summed E-state index contributed by atoms with van der Waals surface area (Å²) in [6.07, 6.45) is 0.587. The monoisotopic (exact) mass is 378 g/mol. The third kappa shape index (κ3) is 1.99. The Hall–Kier alpha value is -2.75. The van der Waals surface area contributed by atoms with Crippen LogP contribution in [-0.4, -0.2) is 21.6 Å². The van der Waals surface area contributed by atoms with Crippen LogP contribution in [0.4, 0.5) is 5.13 Å². The number of rotatable bonds is 2. The first kappa shape index (κ1) is 15.5. The van der Waals surface area contributed by atoms with E-state index in [0.717, 1.165) is 16.7 Å². The fourth-order valence-electron chi connectivity index (χ4n) is 4.09. The molecule has 0 saturated carbocycles. The average molecular weight is 379 g/mol. The molecule has 2 heterocycles. The molecule has 1 fully saturated rings. The van der Waals surface area contributed by atoms with Gasteiger partial charge >= 0.3 is 0 Å². The maximum Gasteiger partial charge on any atom is 0.257 e. The van der Waals surface area contributed by atoms with E-state index in [-0.39, 0.29) is 11.8 Å². The lowest BCUT2D eigenvalue weighted by Crippen LogP contribution is -2.25. The minimum atomic E-state index is -0.708. The van der Waals surface area contributed by atoms with Crippen molar-refractivity contribution in [1.29, 1.82) is 5.26 Å². The van der Waals surface area contributed by atoms with Gasteiger partial charge in [-0.2, -0.15) is 5.26 Å². The summed E-state index contributed by atoms with van der Waals surface area (Å²) in [6.45, 7) is 0. The predicted octanol–water partition coefficient (Wildman–Crippen LogP) is 3.54. The van der Waals surface area contributed by atoms with Gasteiger partial charge in [-0.05, 0) is 41.0 Å². The van der Waals surface area contributed by atoms with Crippen molar-refractivity contribution in [2.75, 3.05) is 4.90 Å². The van der Waals surface area contributed by atoms with Crippen molar-refractivity contribution in [3.63, 3.8) is 0 Å². The lowest BCUT2D eigenvalue weighted by Gasteiger charge is -2.19. The van der Waals surface area contributed by atoms with Gasteiger partial charge in [-0.3, -0.25) is 9.69 Å². The number of amides is 1. The van der Waals surface area contributed by atoms with Crippen molar-refractivity contribution < 1.29 is 4.79 Å². The van der Waals surface area contributed by atoms with Gasteiger partial charge in [0.25, 0.3) is 5.91 Å².